The van der Waals surface area contributed by atoms with Crippen molar-refractivity contribution in [1.82, 2.24) is 15.5 Å². The predicted octanol–water partition coefficient (Wildman–Crippen LogP) is 1.83. The molecule has 0 saturated heterocycles. The number of nitrogens with zero attached hydrogens (tertiary/aromatic N) is 2. The Morgan fingerprint density at radius 1 is 1.53 bits per heavy atom. The Morgan fingerprint density at radius 2 is 2.42 bits per heavy atom. The second kappa shape index (κ2) is 3.49. The van der Waals surface area contributed by atoms with Crippen molar-refractivity contribution in [2.75, 3.05) is 0 Å². The van der Waals surface area contributed by atoms with E-state index in [0.29, 0.717) is 11.8 Å². The van der Waals surface area contributed by atoms with Crippen molar-refractivity contribution in [2.24, 2.45) is 17.3 Å². The van der Waals surface area contributed by atoms with Crippen molar-refractivity contribution in [3.8, 4) is 0 Å². The summed E-state index contributed by atoms with van der Waals surface area (Å²) in [5, 5.41) is 15.9. The molecular weight excluding hydrogens is 246 g/mol. The van der Waals surface area contributed by atoms with E-state index in [9.17, 15) is 4.79 Å². The zero-order valence-electron chi connectivity index (χ0n) is 10.6. The molecule has 4 aliphatic rings. The molecule has 6 heteroatoms. The van der Waals surface area contributed by atoms with Gasteiger partial charge in [0.05, 0.1) is 0 Å². The molecule has 4 bridgehead atoms. The smallest absolute Gasteiger partial charge is 0.405 e. The van der Waals surface area contributed by atoms with Crippen molar-refractivity contribution in [3.05, 3.63) is 12.2 Å². The van der Waals surface area contributed by atoms with Crippen LogP contribution in [0.1, 0.15) is 37.9 Å². The second-order valence-electron chi connectivity index (χ2n) is 6.70. The number of hydrogen-bond acceptors (Lipinski definition) is 4. The SMILES string of the molecule is O=C(O)NC12CC3CC1CC(Cc1ncon1)(C3)C2. The van der Waals surface area contributed by atoms with Crippen LogP contribution in [0.15, 0.2) is 10.9 Å². The van der Waals surface area contributed by atoms with E-state index in [1.54, 1.807) is 0 Å². The molecule has 4 fully saturated rings. The quantitative estimate of drug-likeness (QED) is 0.868. The lowest BCUT2D eigenvalue weighted by Gasteiger charge is -2.40. The van der Waals surface area contributed by atoms with Gasteiger partial charge in [-0.3, -0.25) is 0 Å². The molecule has 1 aromatic rings. The van der Waals surface area contributed by atoms with Crippen molar-refractivity contribution in [2.45, 2.75) is 44.1 Å². The molecule has 0 aromatic carbocycles. The van der Waals surface area contributed by atoms with Crippen LogP contribution >= 0.6 is 0 Å². The maximum absolute atomic E-state index is 11.1. The largest absolute Gasteiger partial charge is 0.465 e. The zero-order valence-corrected chi connectivity index (χ0v) is 10.6. The molecule has 0 spiro atoms. The summed E-state index contributed by atoms with van der Waals surface area (Å²) in [6.45, 7) is 0. The van der Waals surface area contributed by atoms with E-state index in [4.69, 9.17) is 9.63 Å². The lowest BCUT2D eigenvalue weighted by Crippen LogP contribution is -2.50. The fraction of sp³-hybridized carbons (Fsp3) is 0.769. The van der Waals surface area contributed by atoms with Gasteiger partial charge in [-0.2, -0.15) is 4.98 Å². The number of hydrogen-bond donors (Lipinski definition) is 2. The van der Waals surface area contributed by atoms with Crippen LogP contribution < -0.4 is 5.32 Å². The average Bonchev–Trinajstić information content (AvgIpc) is 2.90. The molecule has 4 aliphatic carbocycles. The molecule has 6 nitrogen and oxygen atoms in total. The number of rotatable bonds is 3. The maximum atomic E-state index is 11.1. The summed E-state index contributed by atoms with van der Waals surface area (Å²) in [5.41, 5.74) is -0.00333. The van der Waals surface area contributed by atoms with Gasteiger partial charge in [-0.05, 0) is 49.4 Å². The lowest BCUT2D eigenvalue weighted by molar-refractivity contribution is 0.122. The molecule has 0 radical (unpaired) electrons. The highest BCUT2D eigenvalue weighted by Gasteiger charge is 2.64. The third-order valence-corrected chi connectivity index (χ3v) is 5.44. The van der Waals surface area contributed by atoms with Crippen LogP contribution in [0.2, 0.25) is 0 Å². The Labute approximate surface area is 110 Å². The molecular formula is C13H17N3O3. The van der Waals surface area contributed by atoms with Crippen molar-refractivity contribution < 1.29 is 14.4 Å². The third kappa shape index (κ3) is 1.58. The van der Waals surface area contributed by atoms with Crippen molar-refractivity contribution in [1.29, 1.82) is 0 Å². The maximum Gasteiger partial charge on any atom is 0.405 e. The van der Waals surface area contributed by atoms with Gasteiger partial charge in [-0.25, -0.2) is 4.79 Å². The van der Waals surface area contributed by atoms with E-state index in [1.165, 1.54) is 19.2 Å². The number of nitrogens with one attached hydrogen (secondary N) is 1. The van der Waals surface area contributed by atoms with E-state index >= 15 is 0 Å². The first-order valence-electron chi connectivity index (χ1n) is 6.86. The Balaban J connectivity index is 1.62. The summed E-state index contributed by atoms with van der Waals surface area (Å²) in [6, 6.07) is 0. The summed E-state index contributed by atoms with van der Waals surface area (Å²) < 4.78 is 4.82. The topological polar surface area (TPSA) is 88.2 Å². The fourth-order valence-corrected chi connectivity index (χ4v) is 5.30. The molecule has 1 amide bonds. The molecule has 4 atom stereocenters. The summed E-state index contributed by atoms with van der Waals surface area (Å²) in [4.78, 5) is 15.2. The highest BCUT2D eigenvalue weighted by molar-refractivity contribution is 5.66. The average molecular weight is 263 g/mol. The lowest BCUT2D eigenvalue weighted by atomic mass is 9.67. The Hall–Kier alpha value is -1.59. The van der Waals surface area contributed by atoms with Gasteiger partial charge in [0.15, 0.2) is 5.82 Å². The minimum atomic E-state index is -0.886. The van der Waals surface area contributed by atoms with Gasteiger partial charge in [0.25, 0.3) is 0 Å². The highest BCUT2D eigenvalue weighted by Crippen LogP contribution is 2.66. The molecule has 4 unspecified atom stereocenters. The Kier molecular flexibility index (Phi) is 2.07. The summed E-state index contributed by atoms with van der Waals surface area (Å²) in [7, 11) is 0. The summed E-state index contributed by atoms with van der Waals surface area (Å²) >= 11 is 0. The molecule has 1 aromatic heterocycles. The van der Waals surface area contributed by atoms with Crippen LogP contribution in [0.4, 0.5) is 4.79 Å². The van der Waals surface area contributed by atoms with Crippen LogP contribution in [0, 0.1) is 17.3 Å². The first-order chi connectivity index (χ1) is 9.09. The first kappa shape index (κ1) is 11.3. The molecule has 102 valence electrons. The molecule has 1 heterocycles. The zero-order chi connectivity index (χ0) is 13.1. The molecule has 2 N–H and O–H groups in total. The number of amides is 1. The third-order valence-electron chi connectivity index (χ3n) is 5.44. The molecule has 5 rings (SSSR count). The molecule has 19 heavy (non-hydrogen) atoms. The van der Waals surface area contributed by atoms with Crippen LogP contribution in [-0.2, 0) is 6.42 Å². The summed E-state index contributed by atoms with van der Waals surface area (Å²) in [6.07, 6.45) is 6.70. The van der Waals surface area contributed by atoms with Crippen LogP contribution in [0.3, 0.4) is 0 Å². The Bertz CT molecular complexity index is 517. The normalized spacial score (nSPS) is 42.7. The molecule has 0 aliphatic heterocycles. The fourth-order valence-electron chi connectivity index (χ4n) is 5.30. The van der Waals surface area contributed by atoms with Crippen molar-refractivity contribution in [3.63, 3.8) is 0 Å². The van der Waals surface area contributed by atoms with Gasteiger partial charge in [-0.1, -0.05) is 5.16 Å². The molecule has 4 saturated carbocycles. The monoisotopic (exact) mass is 263 g/mol. The van der Waals surface area contributed by atoms with Gasteiger partial charge in [0.2, 0.25) is 6.39 Å². The van der Waals surface area contributed by atoms with Crippen LogP contribution in [0.25, 0.3) is 0 Å². The van der Waals surface area contributed by atoms with Gasteiger partial charge in [-0.15, -0.1) is 0 Å². The van der Waals surface area contributed by atoms with Gasteiger partial charge in [0.1, 0.15) is 0 Å². The number of aromatic nitrogens is 2. The van der Waals surface area contributed by atoms with Gasteiger partial charge < -0.3 is 14.9 Å². The minimum absolute atomic E-state index is 0.179. The van der Waals surface area contributed by atoms with E-state index in [2.05, 4.69) is 15.5 Å². The minimum Gasteiger partial charge on any atom is -0.465 e. The van der Waals surface area contributed by atoms with E-state index in [1.807, 2.05) is 0 Å². The number of carbonyl (C=O) groups is 1. The number of carboxylic acid groups (broad SMARTS) is 1. The van der Waals surface area contributed by atoms with Crippen molar-refractivity contribution >= 4 is 6.09 Å². The van der Waals surface area contributed by atoms with E-state index in [-0.39, 0.29) is 11.0 Å². The van der Waals surface area contributed by atoms with Gasteiger partial charge in [0, 0.05) is 12.0 Å². The van der Waals surface area contributed by atoms with Gasteiger partial charge >= 0.3 is 6.09 Å². The standard InChI is InChI=1S/C13H17N3O3/c17-11(18)15-13-3-8-1-9(13)4-12(2-8,6-13)5-10-14-7-19-16-10/h7-9,15H,1-6H2,(H,17,18). The highest BCUT2D eigenvalue weighted by atomic mass is 16.5. The summed E-state index contributed by atoms with van der Waals surface area (Å²) in [5.74, 6) is 1.91. The van der Waals surface area contributed by atoms with E-state index < -0.39 is 6.09 Å². The Morgan fingerprint density at radius 3 is 3.16 bits per heavy atom. The first-order valence-corrected chi connectivity index (χ1v) is 6.86. The van der Waals surface area contributed by atoms with Crippen LogP contribution in [-0.4, -0.2) is 26.9 Å². The van der Waals surface area contributed by atoms with Crippen LogP contribution in [0.5, 0.6) is 0 Å². The second-order valence-corrected chi connectivity index (χ2v) is 6.70. The predicted molar refractivity (Wildman–Crippen MR) is 64.4 cm³/mol. The van der Waals surface area contributed by atoms with E-state index in [0.717, 1.165) is 31.5 Å².